The Morgan fingerprint density at radius 2 is 1.81 bits per heavy atom. The third-order valence-electron chi connectivity index (χ3n) is 3.51. The molecule has 0 aromatic heterocycles. The number of carbonyl (C=O) groups excluding carboxylic acids is 1. The van der Waals surface area contributed by atoms with E-state index >= 15 is 0 Å². The molecule has 1 aromatic rings. The number of carbonyl (C=O) groups is 1. The van der Waals surface area contributed by atoms with E-state index in [-0.39, 0.29) is 0 Å². The molecule has 0 bridgehead atoms. The molecule has 7 heteroatoms. The van der Waals surface area contributed by atoms with Gasteiger partial charge in [-0.25, -0.2) is 0 Å². The Bertz CT molecular complexity index is 491. The van der Waals surface area contributed by atoms with Gasteiger partial charge in [-0.05, 0) is 19.1 Å². The molecule has 5 atom stereocenters. The molecule has 5 N–H and O–H groups in total. The van der Waals surface area contributed by atoms with Gasteiger partial charge in [0.05, 0.1) is 12.6 Å². The van der Waals surface area contributed by atoms with Crippen LogP contribution in [0.5, 0.6) is 0 Å². The highest BCUT2D eigenvalue weighted by Gasteiger charge is 2.44. The highest BCUT2D eigenvalue weighted by molar-refractivity contribution is 5.94. The smallest absolute Gasteiger partial charge is 0.251 e. The van der Waals surface area contributed by atoms with Gasteiger partial charge in [0.2, 0.25) is 0 Å². The van der Waals surface area contributed by atoms with E-state index in [0.717, 1.165) is 5.56 Å². The van der Waals surface area contributed by atoms with Gasteiger partial charge in [-0.15, -0.1) is 0 Å². The molecule has 1 saturated heterocycles. The molecule has 0 unspecified atom stereocenters. The summed E-state index contributed by atoms with van der Waals surface area (Å²) in [5, 5.41) is 40.9. The van der Waals surface area contributed by atoms with Gasteiger partial charge in [0.25, 0.3) is 5.91 Å². The van der Waals surface area contributed by atoms with Crippen LogP contribution >= 0.6 is 0 Å². The molecule has 1 amide bonds. The molecule has 0 radical (unpaired) electrons. The van der Waals surface area contributed by atoms with E-state index in [1.54, 1.807) is 24.3 Å². The second kappa shape index (κ2) is 6.50. The predicted molar refractivity (Wildman–Crippen MR) is 72.4 cm³/mol. The fourth-order valence-corrected chi connectivity index (χ4v) is 2.21. The van der Waals surface area contributed by atoms with Crippen molar-refractivity contribution in [2.75, 3.05) is 6.61 Å². The summed E-state index contributed by atoms with van der Waals surface area (Å²) in [6.07, 6.45) is -5.49. The van der Waals surface area contributed by atoms with Crippen LogP contribution in [0, 0.1) is 6.92 Å². The lowest BCUT2D eigenvalue weighted by molar-refractivity contribution is -0.260. The van der Waals surface area contributed by atoms with Crippen LogP contribution in [-0.4, -0.2) is 63.6 Å². The number of rotatable bonds is 3. The molecular formula is C14H19NO6. The van der Waals surface area contributed by atoms with Gasteiger partial charge in [-0.2, -0.15) is 0 Å². The van der Waals surface area contributed by atoms with Crippen LogP contribution in [0.4, 0.5) is 0 Å². The molecule has 0 aliphatic carbocycles. The maximum Gasteiger partial charge on any atom is 0.251 e. The van der Waals surface area contributed by atoms with Crippen molar-refractivity contribution in [1.82, 2.24) is 5.32 Å². The van der Waals surface area contributed by atoms with Crippen LogP contribution in [0.1, 0.15) is 15.9 Å². The minimum absolute atomic E-state index is 0.363. The molecule has 1 aromatic carbocycles. The van der Waals surface area contributed by atoms with Crippen LogP contribution in [0.25, 0.3) is 0 Å². The minimum Gasteiger partial charge on any atom is -0.394 e. The first-order valence-electron chi connectivity index (χ1n) is 6.62. The van der Waals surface area contributed by atoms with E-state index in [4.69, 9.17) is 9.84 Å². The first-order chi connectivity index (χ1) is 9.93. The van der Waals surface area contributed by atoms with E-state index in [2.05, 4.69) is 5.32 Å². The van der Waals surface area contributed by atoms with Crippen molar-refractivity contribution in [3.8, 4) is 0 Å². The van der Waals surface area contributed by atoms with Crippen LogP contribution in [0.15, 0.2) is 24.3 Å². The Morgan fingerprint density at radius 1 is 1.19 bits per heavy atom. The largest absolute Gasteiger partial charge is 0.394 e. The summed E-state index contributed by atoms with van der Waals surface area (Å²) in [7, 11) is 0. The molecule has 2 rings (SSSR count). The van der Waals surface area contributed by atoms with Crippen molar-refractivity contribution >= 4 is 5.91 Å². The van der Waals surface area contributed by atoms with Gasteiger partial charge in [-0.3, -0.25) is 4.79 Å². The number of nitrogens with one attached hydrogen (secondary N) is 1. The Balaban J connectivity index is 2.12. The average molecular weight is 297 g/mol. The SMILES string of the molecule is Cc1ccc(C(=O)N[C@@H]2[C@@H](O)[C@H](O)O[C@H](CO)[C@@H]2O)cc1. The zero-order valence-corrected chi connectivity index (χ0v) is 11.5. The number of hydrogen-bond donors (Lipinski definition) is 5. The average Bonchev–Trinajstić information content (AvgIpc) is 2.47. The zero-order chi connectivity index (χ0) is 15.6. The summed E-state index contributed by atoms with van der Waals surface area (Å²) in [4.78, 5) is 12.1. The molecule has 1 heterocycles. The second-order valence-corrected chi connectivity index (χ2v) is 5.09. The topological polar surface area (TPSA) is 119 Å². The number of amides is 1. The van der Waals surface area contributed by atoms with Crippen molar-refractivity contribution in [1.29, 1.82) is 0 Å². The van der Waals surface area contributed by atoms with Gasteiger partial charge in [-0.1, -0.05) is 17.7 Å². The van der Waals surface area contributed by atoms with Gasteiger partial charge in [0.1, 0.15) is 18.3 Å². The van der Waals surface area contributed by atoms with E-state index in [1.807, 2.05) is 6.92 Å². The molecular weight excluding hydrogens is 278 g/mol. The van der Waals surface area contributed by atoms with E-state index in [1.165, 1.54) is 0 Å². The fourth-order valence-electron chi connectivity index (χ4n) is 2.21. The van der Waals surface area contributed by atoms with Crippen LogP contribution in [0.3, 0.4) is 0 Å². The normalized spacial score (nSPS) is 32.7. The van der Waals surface area contributed by atoms with Gasteiger partial charge in [0.15, 0.2) is 6.29 Å². The van der Waals surface area contributed by atoms with Crippen LogP contribution in [0.2, 0.25) is 0 Å². The summed E-state index contributed by atoms with van der Waals surface area (Å²) in [5.41, 5.74) is 1.36. The van der Waals surface area contributed by atoms with E-state index < -0.39 is 43.2 Å². The predicted octanol–water partition coefficient (Wildman–Crippen LogP) is -1.48. The van der Waals surface area contributed by atoms with Crippen LogP contribution < -0.4 is 5.32 Å². The monoisotopic (exact) mass is 297 g/mol. The number of benzene rings is 1. The maximum absolute atomic E-state index is 12.1. The summed E-state index contributed by atoms with van der Waals surface area (Å²) < 4.78 is 4.85. The van der Waals surface area contributed by atoms with Crippen molar-refractivity contribution in [3.63, 3.8) is 0 Å². The quantitative estimate of drug-likeness (QED) is 0.464. The summed E-state index contributed by atoms with van der Waals surface area (Å²) in [6.45, 7) is 1.34. The number of ether oxygens (including phenoxy) is 1. The number of hydrogen-bond acceptors (Lipinski definition) is 6. The third-order valence-corrected chi connectivity index (χ3v) is 3.51. The Hall–Kier alpha value is -1.51. The highest BCUT2D eigenvalue weighted by Crippen LogP contribution is 2.20. The van der Waals surface area contributed by atoms with E-state index in [9.17, 15) is 20.1 Å². The number of aliphatic hydroxyl groups is 4. The molecule has 1 fully saturated rings. The Labute approximate surface area is 121 Å². The minimum atomic E-state index is -1.59. The highest BCUT2D eigenvalue weighted by atomic mass is 16.6. The Kier molecular flexibility index (Phi) is 4.92. The first-order valence-corrected chi connectivity index (χ1v) is 6.62. The Morgan fingerprint density at radius 3 is 2.38 bits per heavy atom. The summed E-state index contributed by atoms with van der Waals surface area (Å²) >= 11 is 0. The second-order valence-electron chi connectivity index (χ2n) is 5.09. The summed E-state index contributed by atoms with van der Waals surface area (Å²) in [5.74, 6) is -0.496. The summed E-state index contributed by atoms with van der Waals surface area (Å²) in [6, 6.07) is 5.61. The number of aliphatic hydroxyl groups excluding tert-OH is 4. The van der Waals surface area contributed by atoms with Crippen molar-refractivity contribution in [2.24, 2.45) is 0 Å². The molecule has 0 spiro atoms. The standard InChI is InChI=1S/C14H19NO6/c1-7-2-4-8(5-3-7)13(19)15-10-11(17)9(6-16)21-14(20)12(10)18/h2-5,9-12,14,16-18,20H,6H2,1H3,(H,15,19)/t9-,10+,11+,12-,14-/m1/s1. The van der Waals surface area contributed by atoms with Gasteiger partial charge >= 0.3 is 0 Å². The lowest BCUT2D eigenvalue weighted by Gasteiger charge is -2.40. The van der Waals surface area contributed by atoms with Gasteiger partial charge < -0.3 is 30.5 Å². The van der Waals surface area contributed by atoms with Gasteiger partial charge in [0, 0.05) is 5.56 Å². The van der Waals surface area contributed by atoms with Crippen molar-refractivity contribution in [2.45, 2.75) is 37.6 Å². The fraction of sp³-hybridized carbons (Fsp3) is 0.500. The van der Waals surface area contributed by atoms with Crippen molar-refractivity contribution in [3.05, 3.63) is 35.4 Å². The van der Waals surface area contributed by atoms with E-state index in [0.29, 0.717) is 5.56 Å². The maximum atomic E-state index is 12.1. The number of aryl methyl sites for hydroxylation is 1. The molecule has 1 aliphatic rings. The molecule has 21 heavy (non-hydrogen) atoms. The first kappa shape index (κ1) is 15.9. The van der Waals surface area contributed by atoms with Crippen molar-refractivity contribution < 1.29 is 30.0 Å². The van der Waals surface area contributed by atoms with Crippen LogP contribution in [-0.2, 0) is 4.74 Å². The zero-order valence-electron chi connectivity index (χ0n) is 11.5. The molecule has 0 saturated carbocycles. The lowest BCUT2D eigenvalue weighted by Crippen LogP contribution is -2.64. The lowest BCUT2D eigenvalue weighted by atomic mass is 9.96. The molecule has 7 nitrogen and oxygen atoms in total. The molecule has 1 aliphatic heterocycles. The molecule has 116 valence electrons. The third kappa shape index (κ3) is 3.39.